The van der Waals surface area contributed by atoms with E-state index in [9.17, 15) is 9.90 Å². The van der Waals surface area contributed by atoms with Crippen LogP contribution in [0.1, 0.15) is 32.1 Å². The highest BCUT2D eigenvalue weighted by molar-refractivity contribution is 5.78. The van der Waals surface area contributed by atoms with E-state index in [0.717, 1.165) is 45.3 Å². The molecule has 1 heterocycles. The number of aliphatic hydroxyl groups excluding tert-OH is 1. The molecule has 2 unspecified atom stereocenters. The first kappa shape index (κ1) is 13.6. The first-order chi connectivity index (χ1) is 8.77. The van der Waals surface area contributed by atoms with Crippen LogP contribution in [-0.4, -0.2) is 36.9 Å². The molecule has 0 aromatic heterocycles. The molecule has 0 bridgehead atoms. The molecule has 1 amide bonds. The van der Waals surface area contributed by atoms with Gasteiger partial charge in [-0.3, -0.25) is 4.79 Å². The Morgan fingerprint density at radius 3 is 2.78 bits per heavy atom. The quantitative estimate of drug-likeness (QED) is 0.741. The number of rotatable bonds is 4. The van der Waals surface area contributed by atoms with Gasteiger partial charge in [-0.1, -0.05) is 12.2 Å². The van der Waals surface area contributed by atoms with Crippen LogP contribution in [-0.2, 0) is 9.53 Å². The number of amides is 1. The standard InChI is InChI=1S/C14H23NO3/c16-13(11-6-8-18-9-7-11)10-15-14(17)12-4-2-1-3-5-12/h1-2,11-13,16H,3-10H2,(H,15,17). The Morgan fingerprint density at radius 1 is 1.33 bits per heavy atom. The Bertz CT molecular complexity index is 297. The molecular weight excluding hydrogens is 230 g/mol. The van der Waals surface area contributed by atoms with Crippen molar-refractivity contribution in [1.29, 1.82) is 0 Å². The van der Waals surface area contributed by atoms with Crippen molar-refractivity contribution in [3.63, 3.8) is 0 Å². The lowest BCUT2D eigenvalue weighted by atomic mass is 9.92. The fraction of sp³-hybridized carbons (Fsp3) is 0.786. The van der Waals surface area contributed by atoms with Gasteiger partial charge in [0.05, 0.1) is 6.10 Å². The van der Waals surface area contributed by atoms with E-state index in [1.165, 1.54) is 0 Å². The molecule has 2 rings (SSSR count). The van der Waals surface area contributed by atoms with Crippen molar-refractivity contribution in [3.05, 3.63) is 12.2 Å². The van der Waals surface area contributed by atoms with E-state index < -0.39 is 6.10 Å². The first-order valence-electron chi connectivity index (χ1n) is 6.96. The van der Waals surface area contributed by atoms with Crippen LogP contribution in [0, 0.1) is 11.8 Å². The molecule has 0 aromatic rings. The number of carbonyl (C=O) groups excluding carboxylic acids is 1. The van der Waals surface area contributed by atoms with E-state index in [2.05, 4.69) is 17.5 Å². The summed E-state index contributed by atoms with van der Waals surface area (Å²) in [5.41, 5.74) is 0. The molecule has 4 heteroatoms. The van der Waals surface area contributed by atoms with Crippen molar-refractivity contribution in [1.82, 2.24) is 5.32 Å². The summed E-state index contributed by atoms with van der Waals surface area (Å²) in [5, 5.41) is 12.9. The summed E-state index contributed by atoms with van der Waals surface area (Å²) < 4.78 is 5.26. The van der Waals surface area contributed by atoms with Crippen LogP contribution in [0.3, 0.4) is 0 Å². The van der Waals surface area contributed by atoms with E-state index in [1.54, 1.807) is 0 Å². The van der Waals surface area contributed by atoms with Crippen LogP contribution in [0.5, 0.6) is 0 Å². The Hall–Kier alpha value is -0.870. The Morgan fingerprint density at radius 2 is 2.11 bits per heavy atom. The zero-order valence-electron chi connectivity index (χ0n) is 10.8. The van der Waals surface area contributed by atoms with E-state index in [-0.39, 0.29) is 17.7 Å². The highest BCUT2D eigenvalue weighted by Crippen LogP contribution is 2.20. The van der Waals surface area contributed by atoms with E-state index in [4.69, 9.17) is 4.74 Å². The summed E-state index contributed by atoms with van der Waals surface area (Å²) in [6, 6.07) is 0. The molecule has 18 heavy (non-hydrogen) atoms. The lowest BCUT2D eigenvalue weighted by Crippen LogP contribution is -2.40. The molecule has 0 spiro atoms. The molecule has 1 aliphatic heterocycles. The number of hydrogen-bond acceptors (Lipinski definition) is 3. The summed E-state index contributed by atoms with van der Waals surface area (Å²) in [6.45, 7) is 1.83. The van der Waals surface area contributed by atoms with E-state index >= 15 is 0 Å². The maximum absolute atomic E-state index is 11.9. The fourth-order valence-corrected chi connectivity index (χ4v) is 2.65. The maximum Gasteiger partial charge on any atom is 0.223 e. The van der Waals surface area contributed by atoms with Gasteiger partial charge in [-0.15, -0.1) is 0 Å². The molecule has 2 aliphatic rings. The Kier molecular flexibility index (Phi) is 5.20. The molecule has 1 saturated heterocycles. The third-order valence-electron chi connectivity index (χ3n) is 3.94. The number of aliphatic hydroxyl groups is 1. The number of nitrogens with one attached hydrogen (secondary N) is 1. The van der Waals surface area contributed by atoms with Crippen LogP contribution in [0.25, 0.3) is 0 Å². The minimum Gasteiger partial charge on any atom is -0.391 e. The molecule has 0 radical (unpaired) electrons. The molecule has 102 valence electrons. The van der Waals surface area contributed by atoms with Crippen LogP contribution in [0.15, 0.2) is 12.2 Å². The fourth-order valence-electron chi connectivity index (χ4n) is 2.65. The van der Waals surface area contributed by atoms with Gasteiger partial charge in [-0.2, -0.15) is 0 Å². The van der Waals surface area contributed by atoms with Crippen molar-refractivity contribution in [2.75, 3.05) is 19.8 Å². The van der Waals surface area contributed by atoms with Gasteiger partial charge in [-0.05, 0) is 38.0 Å². The third kappa shape index (κ3) is 3.82. The Labute approximate surface area is 108 Å². The van der Waals surface area contributed by atoms with Gasteiger partial charge in [0.25, 0.3) is 0 Å². The van der Waals surface area contributed by atoms with E-state index in [1.807, 2.05) is 0 Å². The highest BCUT2D eigenvalue weighted by Gasteiger charge is 2.24. The van der Waals surface area contributed by atoms with Crippen LogP contribution >= 0.6 is 0 Å². The topological polar surface area (TPSA) is 58.6 Å². The minimum atomic E-state index is -0.433. The normalized spacial score (nSPS) is 26.8. The number of allylic oxidation sites excluding steroid dienone is 2. The van der Waals surface area contributed by atoms with Crippen molar-refractivity contribution in [3.8, 4) is 0 Å². The molecule has 2 atom stereocenters. The molecule has 2 N–H and O–H groups in total. The second-order valence-corrected chi connectivity index (χ2v) is 5.24. The summed E-state index contributed by atoms with van der Waals surface area (Å²) in [4.78, 5) is 11.9. The average Bonchev–Trinajstić information content (AvgIpc) is 2.46. The largest absolute Gasteiger partial charge is 0.391 e. The van der Waals surface area contributed by atoms with Gasteiger partial charge >= 0.3 is 0 Å². The molecular formula is C14H23NO3. The maximum atomic E-state index is 11.9. The lowest BCUT2D eigenvalue weighted by molar-refractivity contribution is -0.126. The second kappa shape index (κ2) is 6.90. The molecule has 1 aliphatic carbocycles. The summed E-state index contributed by atoms with van der Waals surface area (Å²) >= 11 is 0. The van der Waals surface area contributed by atoms with Crippen LogP contribution < -0.4 is 5.32 Å². The Balaban J connectivity index is 1.69. The number of carbonyl (C=O) groups is 1. The molecule has 4 nitrogen and oxygen atoms in total. The van der Waals surface area contributed by atoms with Crippen molar-refractivity contribution in [2.45, 2.75) is 38.2 Å². The van der Waals surface area contributed by atoms with Gasteiger partial charge < -0.3 is 15.2 Å². The smallest absolute Gasteiger partial charge is 0.223 e. The van der Waals surface area contributed by atoms with Crippen molar-refractivity contribution < 1.29 is 14.6 Å². The van der Waals surface area contributed by atoms with Gasteiger partial charge in [0.2, 0.25) is 5.91 Å². The number of hydrogen-bond donors (Lipinski definition) is 2. The summed E-state index contributed by atoms with van der Waals surface area (Å²) in [5.74, 6) is 0.452. The van der Waals surface area contributed by atoms with Crippen LogP contribution in [0.2, 0.25) is 0 Å². The zero-order valence-corrected chi connectivity index (χ0v) is 10.8. The highest BCUT2D eigenvalue weighted by atomic mass is 16.5. The van der Waals surface area contributed by atoms with Gasteiger partial charge in [0, 0.05) is 25.7 Å². The average molecular weight is 253 g/mol. The van der Waals surface area contributed by atoms with Crippen LogP contribution in [0.4, 0.5) is 0 Å². The second-order valence-electron chi connectivity index (χ2n) is 5.24. The van der Waals surface area contributed by atoms with Gasteiger partial charge in [0.15, 0.2) is 0 Å². The predicted molar refractivity (Wildman–Crippen MR) is 69.0 cm³/mol. The lowest BCUT2D eigenvalue weighted by Gasteiger charge is -2.27. The third-order valence-corrected chi connectivity index (χ3v) is 3.94. The monoisotopic (exact) mass is 253 g/mol. The molecule has 1 fully saturated rings. The van der Waals surface area contributed by atoms with Crippen molar-refractivity contribution >= 4 is 5.91 Å². The predicted octanol–water partition coefficient (Wildman–Crippen LogP) is 1.25. The molecule has 0 aromatic carbocycles. The first-order valence-corrected chi connectivity index (χ1v) is 6.96. The van der Waals surface area contributed by atoms with Gasteiger partial charge in [-0.25, -0.2) is 0 Å². The van der Waals surface area contributed by atoms with E-state index in [0.29, 0.717) is 6.54 Å². The summed E-state index contributed by atoms with van der Waals surface area (Å²) in [6.07, 6.45) is 8.29. The number of ether oxygens (including phenoxy) is 1. The minimum absolute atomic E-state index is 0.0884. The SMILES string of the molecule is O=C(NCC(O)C1CCOCC1)C1CC=CCC1. The zero-order chi connectivity index (χ0) is 12.8. The van der Waals surface area contributed by atoms with Crippen molar-refractivity contribution in [2.24, 2.45) is 11.8 Å². The molecule has 0 saturated carbocycles. The summed E-state index contributed by atoms with van der Waals surface area (Å²) in [7, 11) is 0. The van der Waals surface area contributed by atoms with Gasteiger partial charge in [0.1, 0.15) is 0 Å².